The van der Waals surface area contributed by atoms with Crippen molar-refractivity contribution in [1.29, 1.82) is 0 Å². The van der Waals surface area contributed by atoms with Crippen molar-refractivity contribution in [3.05, 3.63) is 42.5 Å². The van der Waals surface area contributed by atoms with Crippen molar-refractivity contribution in [3.63, 3.8) is 0 Å². The normalized spacial score (nSPS) is 15.4. The SMILES string of the molecule is COc1ccc(Sc2ccc(OC)cc2[S+]2CCOCC2)cc1. The van der Waals surface area contributed by atoms with Gasteiger partial charge in [-0.25, -0.2) is 0 Å². The largest absolute Gasteiger partial charge is 0.497 e. The minimum Gasteiger partial charge on any atom is -0.497 e. The van der Waals surface area contributed by atoms with Crippen LogP contribution in [-0.2, 0) is 15.6 Å². The third-order valence-corrected chi connectivity index (χ3v) is 7.19. The van der Waals surface area contributed by atoms with Crippen LogP contribution in [0, 0.1) is 0 Å². The van der Waals surface area contributed by atoms with Gasteiger partial charge in [-0.15, -0.1) is 0 Å². The summed E-state index contributed by atoms with van der Waals surface area (Å²) in [5.41, 5.74) is 0. The van der Waals surface area contributed by atoms with Gasteiger partial charge < -0.3 is 14.2 Å². The van der Waals surface area contributed by atoms with Gasteiger partial charge in [-0.3, -0.25) is 0 Å². The first kappa shape index (κ1) is 16.6. The lowest BCUT2D eigenvalue weighted by atomic mass is 10.3. The second-order valence-electron chi connectivity index (χ2n) is 5.10. The van der Waals surface area contributed by atoms with Crippen LogP contribution in [0.2, 0.25) is 0 Å². The summed E-state index contributed by atoms with van der Waals surface area (Å²) in [5.74, 6) is 4.01. The van der Waals surface area contributed by atoms with Crippen LogP contribution in [-0.4, -0.2) is 38.9 Å². The molecule has 0 radical (unpaired) electrons. The monoisotopic (exact) mass is 349 g/mol. The minimum absolute atomic E-state index is 0.238. The Balaban J connectivity index is 1.87. The molecule has 0 amide bonds. The molecule has 1 aliphatic rings. The molecule has 0 atom stereocenters. The zero-order valence-corrected chi connectivity index (χ0v) is 15.0. The van der Waals surface area contributed by atoms with Gasteiger partial charge in [0.2, 0.25) is 0 Å². The first-order valence-electron chi connectivity index (χ1n) is 7.55. The molecule has 3 nitrogen and oxygen atoms in total. The van der Waals surface area contributed by atoms with Crippen molar-refractivity contribution in [2.45, 2.75) is 14.7 Å². The Morgan fingerprint density at radius 1 is 0.913 bits per heavy atom. The van der Waals surface area contributed by atoms with E-state index in [1.165, 1.54) is 14.7 Å². The van der Waals surface area contributed by atoms with Crippen LogP contribution in [0.4, 0.5) is 0 Å². The van der Waals surface area contributed by atoms with Gasteiger partial charge in [-0.2, -0.15) is 0 Å². The van der Waals surface area contributed by atoms with Gasteiger partial charge in [0.05, 0.1) is 32.3 Å². The Morgan fingerprint density at radius 3 is 2.22 bits per heavy atom. The molecule has 1 aliphatic heterocycles. The average molecular weight is 349 g/mol. The fraction of sp³-hybridized carbons (Fsp3) is 0.333. The van der Waals surface area contributed by atoms with Crippen LogP contribution in [0.15, 0.2) is 57.2 Å². The smallest absolute Gasteiger partial charge is 0.172 e. The molecule has 0 aliphatic carbocycles. The molecule has 0 spiro atoms. The molecule has 1 heterocycles. The van der Waals surface area contributed by atoms with Gasteiger partial charge in [0.25, 0.3) is 0 Å². The molecule has 5 heteroatoms. The van der Waals surface area contributed by atoms with Crippen molar-refractivity contribution in [2.24, 2.45) is 0 Å². The highest BCUT2D eigenvalue weighted by Gasteiger charge is 2.29. The van der Waals surface area contributed by atoms with E-state index in [1.807, 2.05) is 18.2 Å². The number of hydrogen-bond donors (Lipinski definition) is 0. The Morgan fingerprint density at radius 2 is 1.57 bits per heavy atom. The molecule has 122 valence electrons. The Bertz CT molecular complexity index is 637. The summed E-state index contributed by atoms with van der Waals surface area (Å²) in [4.78, 5) is 3.92. The van der Waals surface area contributed by atoms with E-state index in [-0.39, 0.29) is 10.9 Å². The molecule has 1 fully saturated rings. The van der Waals surface area contributed by atoms with Crippen LogP contribution in [0.3, 0.4) is 0 Å². The lowest BCUT2D eigenvalue weighted by Gasteiger charge is -2.17. The predicted molar refractivity (Wildman–Crippen MR) is 96.3 cm³/mol. The summed E-state index contributed by atoms with van der Waals surface area (Å²) in [6, 6.07) is 14.6. The molecule has 1 saturated heterocycles. The summed E-state index contributed by atoms with van der Waals surface area (Å²) in [5, 5.41) is 0. The molecule has 2 aromatic carbocycles. The standard InChI is InChI=1S/C18H21O3S2/c1-19-14-3-6-16(7-4-14)22-17-8-5-15(20-2)13-18(17)23-11-9-21-10-12-23/h3-8,13H,9-12H2,1-2H3/q+1. The lowest BCUT2D eigenvalue weighted by Crippen LogP contribution is -2.26. The highest BCUT2D eigenvalue weighted by Crippen LogP contribution is 2.37. The van der Waals surface area contributed by atoms with Gasteiger partial charge in [-0.1, -0.05) is 11.8 Å². The van der Waals surface area contributed by atoms with Crippen LogP contribution in [0.5, 0.6) is 11.5 Å². The summed E-state index contributed by atoms with van der Waals surface area (Å²) < 4.78 is 16.2. The zero-order chi connectivity index (χ0) is 16.1. The number of ether oxygens (including phenoxy) is 3. The number of benzene rings is 2. The van der Waals surface area contributed by atoms with Crippen LogP contribution in [0.25, 0.3) is 0 Å². The van der Waals surface area contributed by atoms with Gasteiger partial charge in [-0.05, 0) is 36.4 Å². The van der Waals surface area contributed by atoms with Crippen molar-refractivity contribution >= 4 is 22.7 Å². The fourth-order valence-electron chi connectivity index (χ4n) is 2.44. The van der Waals surface area contributed by atoms with Crippen molar-refractivity contribution in [1.82, 2.24) is 0 Å². The van der Waals surface area contributed by atoms with E-state index in [2.05, 4.69) is 24.3 Å². The van der Waals surface area contributed by atoms with Gasteiger partial charge in [0.15, 0.2) is 4.90 Å². The van der Waals surface area contributed by atoms with E-state index in [9.17, 15) is 0 Å². The van der Waals surface area contributed by atoms with Crippen LogP contribution < -0.4 is 9.47 Å². The third-order valence-electron chi connectivity index (χ3n) is 3.70. The topological polar surface area (TPSA) is 27.7 Å². The third kappa shape index (κ3) is 4.16. The lowest BCUT2D eigenvalue weighted by molar-refractivity contribution is 0.159. The molecule has 0 saturated carbocycles. The maximum atomic E-state index is 5.52. The number of rotatable bonds is 5. The summed E-state index contributed by atoms with van der Waals surface area (Å²) >= 11 is 1.80. The Kier molecular flexibility index (Phi) is 5.75. The molecular formula is C18H21O3S2+. The van der Waals surface area contributed by atoms with Crippen LogP contribution >= 0.6 is 11.8 Å². The first-order valence-corrected chi connectivity index (χ1v) is 9.93. The van der Waals surface area contributed by atoms with E-state index >= 15 is 0 Å². The van der Waals surface area contributed by atoms with E-state index in [0.717, 1.165) is 36.2 Å². The summed E-state index contributed by atoms with van der Waals surface area (Å²) in [6.07, 6.45) is 0. The molecule has 0 unspecified atom stereocenters. The second-order valence-corrected chi connectivity index (χ2v) is 8.46. The van der Waals surface area contributed by atoms with Crippen molar-refractivity contribution < 1.29 is 14.2 Å². The minimum atomic E-state index is 0.238. The highest BCUT2D eigenvalue weighted by atomic mass is 32.2. The molecule has 0 aromatic heterocycles. The molecule has 0 N–H and O–H groups in total. The van der Waals surface area contributed by atoms with E-state index in [4.69, 9.17) is 14.2 Å². The summed E-state index contributed by atoms with van der Waals surface area (Å²) in [7, 11) is 3.65. The van der Waals surface area contributed by atoms with E-state index in [1.54, 1.807) is 26.0 Å². The second kappa shape index (κ2) is 7.99. The fourth-order valence-corrected chi connectivity index (χ4v) is 5.66. The highest BCUT2D eigenvalue weighted by molar-refractivity contribution is 8.01. The van der Waals surface area contributed by atoms with Crippen LogP contribution in [0.1, 0.15) is 0 Å². The summed E-state index contributed by atoms with van der Waals surface area (Å²) in [6.45, 7) is 1.71. The maximum absolute atomic E-state index is 5.52. The van der Waals surface area contributed by atoms with E-state index < -0.39 is 0 Å². The van der Waals surface area contributed by atoms with Gasteiger partial charge in [0.1, 0.15) is 23.0 Å². The molecular weight excluding hydrogens is 328 g/mol. The predicted octanol–water partition coefficient (Wildman–Crippen LogP) is 3.86. The zero-order valence-electron chi connectivity index (χ0n) is 13.4. The Labute approximate surface area is 144 Å². The van der Waals surface area contributed by atoms with Gasteiger partial charge in [0, 0.05) is 21.9 Å². The molecule has 0 bridgehead atoms. The maximum Gasteiger partial charge on any atom is 0.172 e. The average Bonchev–Trinajstić information content (AvgIpc) is 2.63. The number of hydrogen-bond acceptors (Lipinski definition) is 4. The molecule has 2 aromatic rings. The Hall–Kier alpha value is -1.30. The first-order chi connectivity index (χ1) is 11.3. The van der Waals surface area contributed by atoms with E-state index in [0.29, 0.717) is 0 Å². The van der Waals surface area contributed by atoms with Crippen molar-refractivity contribution in [2.75, 3.05) is 38.9 Å². The van der Waals surface area contributed by atoms with Gasteiger partial charge >= 0.3 is 0 Å². The quantitative estimate of drug-likeness (QED) is 0.766. The number of methoxy groups -OCH3 is 2. The molecule has 3 rings (SSSR count). The molecule has 23 heavy (non-hydrogen) atoms. The van der Waals surface area contributed by atoms with Crippen molar-refractivity contribution in [3.8, 4) is 11.5 Å².